The van der Waals surface area contributed by atoms with E-state index < -0.39 is 21.7 Å². The first kappa shape index (κ1) is 16.3. The number of hydrogen-bond acceptors (Lipinski definition) is 4. The van der Waals surface area contributed by atoms with E-state index in [4.69, 9.17) is 4.74 Å². The van der Waals surface area contributed by atoms with E-state index >= 15 is 0 Å². The van der Waals surface area contributed by atoms with Gasteiger partial charge in [-0.05, 0) is 31.2 Å². The molecule has 2 aromatic rings. The number of ether oxygens (including phenoxy) is 1. The van der Waals surface area contributed by atoms with Crippen LogP contribution >= 0.6 is 0 Å². The summed E-state index contributed by atoms with van der Waals surface area (Å²) in [6.45, 7) is 0.996. The van der Waals surface area contributed by atoms with Crippen LogP contribution in [-0.4, -0.2) is 20.5 Å². The molecule has 22 heavy (non-hydrogen) atoms. The molecule has 0 bridgehead atoms. The quantitative estimate of drug-likeness (QED) is 0.913. The largest absolute Gasteiger partial charge is 0.494 e. The lowest BCUT2D eigenvalue weighted by molar-refractivity contribution is 0.384. The number of methoxy groups -OCH3 is 1. The lowest BCUT2D eigenvalue weighted by Crippen LogP contribution is -2.25. The highest BCUT2D eigenvalue weighted by atomic mass is 32.2. The predicted octanol–water partition coefficient (Wildman–Crippen LogP) is 2.16. The Morgan fingerprint density at radius 2 is 2.00 bits per heavy atom. The molecule has 118 valence electrons. The van der Waals surface area contributed by atoms with Crippen LogP contribution in [0.25, 0.3) is 0 Å². The van der Waals surface area contributed by atoms with Crippen molar-refractivity contribution in [1.82, 2.24) is 9.71 Å². The zero-order valence-electron chi connectivity index (χ0n) is 11.9. The molecule has 5 nitrogen and oxygen atoms in total. The van der Waals surface area contributed by atoms with Gasteiger partial charge in [0, 0.05) is 11.8 Å². The molecular formula is C14H14F2N2O3S. The Labute approximate surface area is 127 Å². The fourth-order valence-corrected chi connectivity index (χ4v) is 3.10. The zero-order chi connectivity index (χ0) is 16.3. The fraction of sp³-hybridized carbons (Fsp3) is 0.214. The number of hydrogen-bond donors (Lipinski definition) is 1. The van der Waals surface area contributed by atoms with Crippen molar-refractivity contribution in [3.63, 3.8) is 0 Å². The highest BCUT2D eigenvalue weighted by molar-refractivity contribution is 7.89. The highest BCUT2D eigenvalue weighted by Crippen LogP contribution is 2.26. The Hall–Kier alpha value is -2.06. The Kier molecular flexibility index (Phi) is 4.72. The Morgan fingerprint density at radius 1 is 1.27 bits per heavy atom. The van der Waals surface area contributed by atoms with Crippen LogP contribution in [0.2, 0.25) is 0 Å². The summed E-state index contributed by atoms with van der Waals surface area (Å²) in [6, 6.07) is 5.03. The van der Waals surface area contributed by atoms with Crippen LogP contribution in [0.4, 0.5) is 8.78 Å². The van der Waals surface area contributed by atoms with Gasteiger partial charge in [0.1, 0.15) is 5.82 Å². The molecule has 0 aliphatic heterocycles. The normalized spacial score (nSPS) is 11.5. The molecular weight excluding hydrogens is 314 g/mol. The van der Waals surface area contributed by atoms with Gasteiger partial charge in [-0.1, -0.05) is 0 Å². The lowest BCUT2D eigenvalue weighted by Gasteiger charge is -2.12. The second kappa shape index (κ2) is 6.37. The first-order valence-corrected chi connectivity index (χ1v) is 7.77. The molecule has 8 heteroatoms. The molecule has 1 heterocycles. The molecule has 0 saturated heterocycles. The minimum Gasteiger partial charge on any atom is -0.494 e. The number of halogens is 2. The molecule has 0 aliphatic rings. The van der Waals surface area contributed by atoms with Gasteiger partial charge in [0.25, 0.3) is 0 Å². The maximum atomic E-state index is 13.9. The van der Waals surface area contributed by atoms with Gasteiger partial charge in [-0.25, -0.2) is 21.9 Å². The van der Waals surface area contributed by atoms with Crippen LogP contribution < -0.4 is 9.46 Å². The van der Waals surface area contributed by atoms with Gasteiger partial charge in [-0.15, -0.1) is 0 Å². The third kappa shape index (κ3) is 3.23. The summed E-state index contributed by atoms with van der Waals surface area (Å²) < 4.78 is 58.8. The molecule has 2 rings (SSSR count). The Morgan fingerprint density at radius 3 is 2.64 bits per heavy atom. The van der Waals surface area contributed by atoms with Crippen LogP contribution in [-0.2, 0) is 16.6 Å². The summed E-state index contributed by atoms with van der Waals surface area (Å²) >= 11 is 0. The molecule has 0 atom stereocenters. The summed E-state index contributed by atoms with van der Waals surface area (Å²) in [5.74, 6) is -1.43. The van der Waals surface area contributed by atoms with Crippen LogP contribution in [0, 0.1) is 18.6 Å². The van der Waals surface area contributed by atoms with Gasteiger partial charge in [0.2, 0.25) is 10.0 Å². The van der Waals surface area contributed by atoms with Gasteiger partial charge >= 0.3 is 0 Å². The number of aromatic nitrogens is 1. The first-order valence-electron chi connectivity index (χ1n) is 6.29. The van der Waals surface area contributed by atoms with E-state index in [1.807, 2.05) is 0 Å². The van der Waals surface area contributed by atoms with Crippen molar-refractivity contribution in [3.8, 4) is 5.75 Å². The van der Waals surface area contributed by atoms with E-state index in [9.17, 15) is 17.2 Å². The van der Waals surface area contributed by atoms with Gasteiger partial charge < -0.3 is 4.74 Å². The highest BCUT2D eigenvalue weighted by Gasteiger charge is 2.21. The van der Waals surface area contributed by atoms with E-state index in [1.165, 1.54) is 44.5 Å². The number of nitrogens with one attached hydrogen (secondary N) is 1. The van der Waals surface area contributed by atoms with Crippen LogP contribution in [0.15, 0.2) is 35.4 Å². The summed E-state index contributed by atoms with van der Waals surface area (Å²) in [5, 5.41) is 0. The molecule has 0 spiro atoms. The van der Waals surface area contributed by atoms with E-state index in [1.54, 1.807) is 0 Å². The Bertz CT molecular complexity index is 795. The second-order valence-electron chi connectivity index (χ2n) is 4.46. The van der Waals surface area contributed by atoms with Gasteiger partial charge in [0.15, 0.2) is 11.6 Å². The van der Waals surface area contributed by atoms with Crippen molar-refractivity contribution in [3.05, 3.63) is 53.4 Å². The van der Waals surface area contributed by atoms with E-state index in [0.29, 0.717) is 0 Å². The van der Waals surface area contributed by atoms with Gasteiger partial charge in [-0.2, -0.15) is 0 Å². The van der Waals surface area contributed by atoms with Crippen LogP contribution in [0.5, 0.6) is 5.75 Å². The van der Waals surface area contributed by atoms with E-state index in [0.717, 1.165) is 0 Å². The van der Waals surface area contributed by atoms with E-state index in [2.05, 4.69) is 9.71 Å². The lowest BCUT2D eigenvalue weighted by atomic mass is 10.2. The summed E-state index contributed by atoms with van der Waals surface area (Å²) in [6.07, 6.45) is 1.35. The van der Waals surface area contributed by atoms with Crippen molar-refractivity contribution in [2.45, 2.75) is 18.4 Å². The second-order valence-corrected chi connectivity index (χ2v) is 6.20. The number of rotatable bonds is 5. The fourth-order valence-electron chi connectivity index (χ4n) is 1.88. The molecule has 0 unspecified atom stereocenters. The van der Waals surface area contributed by atoms with Gasteiger partial charge in [0.05, 0.1) is 24.2 Å². The zero-order valence-corrected chi connectivity index (χ0v) is 12.7. The molecule has 1 aromatic carbocycles. The van der Waals surface area contributed by atoms with E-state index in [-0.39, 0.29) is 28.4 Å². The van der Waals surface area contributed by atoms with Crippen molar-refractivity contribution < 1.29 is 21.9 Å². The van der Waals surface area contributed by atoms with Gasteiger partial charge in [-0.3, -0.25) is 4.98 Å². The predicted molar refractivity (Wildman–Crippen MR) is 75.9 cm³/mol. The summed E-state index contributed by atoms with van der Waals surface area (Å²) in [7, 11) is -2.72. The Balaban J connectivity index is 2.28. The topological polar surface area (TPSA) is 68.3 Å². The number of nitrogens with zero attached hydrogens (tertiary/aromatic N) is 1. The average molecular weight is 328 g/mol. The average Bonchev–Trinajstić information content (AvgIpc) is 2.49. The van der Waals surface area contributed by atoms with Crippen molar-refractivity contribution in [2.75, 3.05) is 7.11 Å². The van der Waals surface area contributed by atoms with Crippen molar-refractivity contribution >= 4 is 10.0 Å². The molecule has 0 saturated carbocycles. The molecule has 0 aliphatic carbocycles. The summed E-state index contributed by atoms with van der Waals surface area (Å²) in [5.41, 5.74) is -0.119. The number of pyridine rings is 1. The third-order valence-electron chi connectivity index (χ3n) is 3.07. The molecule has 1 aromatic heterocycles. The standard InChI is InChI=1S/C14H14F2N2O3S/c1-9-13(6-5-12(21-2)14(9)16)22(19,20)18-8-11-10(15)4-3-7-17-11/h3-7,18H,8H2,1-2H3. The number of benzene rings is 1. The van der Waals surface area contributed by atoms with Crippen molar-refractivity contribution in [1.29, 1.82) is 0 Å². The minimum absolute atomic E-state index is 0.0438. The van der Waals surface area contributed by atoms with Crippen molar-refractivity contribution in [2.24, 2.45) is 0 Å². The SMILES string of the molecule is COc1ccc(S(=O)(=O)NCc2ncccc2F)c(C)c1F. The van der Waals surface area contributed by atoms with Crippen LogP contribution in [0.3, 0.4) is 0 Å². The molecule has 0 amide bonds. The molecule has 1 N–H and O–H groups in total. The maximum absolute atomic E-state index is 13.9. The number of sulfonamides is 1. The first-order chi connectivity index (χ1) is 10.4. The summed E-state index contributed by atoms with van der Waals surface area (Å²) in [4.78, 5) is 3.51. The monoisotopic (exact) mass is 328 g/mol. The smallest absolute Gasteiger partial charge is 0.241 e. The molecule has 0 radical (unpaired) electrons. The van der Waals surface area contributed by atoms with Crippen LogP contribution in [0.1, 0.15) is 11.3 Å². The maximum Gasteiger partial charge on any atom is 0.241 e. The molecule has 0 fully saturated rings. The minimum atomic E-state index is -4.01. The third-order valence-corrected chi connectivity index (χ3v) is 4.62.